The highest BCUT2D eigenvalue weighted by atomic mass is 32.2. The number of ketones is 1. The molecule has 0 aromatic heterocycles. The van der Waals surface area contributed by atoms with Gasteiger partial charge in [0.15, 0.2) is 0 Å². The standard InChI is InChI=1S/C8H16OS/c1-6(2)10-8(4)5-7(3)9/h6,8H,5H2,1-4H3. The fraction of sp³-hybridized carbons (Fsp3) is 0.875. The van der Waals surface area contributed by atoms with E-state index in [2.05, 4.69) is 20.8 Å². The third-order valence-electron chi connectivity index (χ3n) is 1.08. The molecule has 0 spiro atoms. The average molecular weight is 160 g/mol. The van der Waals surface area contributed by atoms with Gasteiger partial charge in [-0.15, -0.1) is 0 Å². The Balaban J connectivity index is 3.43. The number of carbonyl (C=O) groups is 1. The number of thioether (sulfide) groups is 1. The molecule has 1 unspecified atom stereocenters. The van der Waals surface area contributed by atoms with Crippen LogP contribution < -0.4 is 0 Å². The minimum Gasteiger partial charge on any atom is -0.300 e. The van der Waals surface area contributed by atoms with Crippen molar-refractivity contribution in [3.05, 3.63) is 0 Å². The van der Waals surface area contributed by atoms with E-state index in [9.17, 15) is 4.79 Å². The van der Waals surface area contributed by atoms with Crippen LogP contribution in [-0.2, 0) is 4.79 Å². The van der Waals surface area contributed by atoms with Gasteiger partial charge in [-0.3, -0.25) is 4.79 Å². The molecular formula is C8H16OS. The molecule has 0 aromatic carbocycles. The zero-order valence-electron chi connectivity index (χ0n) is 7.18. The molecule has 0 saturated carbocycles. The molecule has 0 rings (SSSR count). The molecule has 0 heterocycles. The van der Waals surface area contributed by atoms with Crippen molar-refractivity contribution >= 4 is 17.5 Å². The Hall–Kier alpha value is 0.0200. The molecule has 1 nitrogen and oxygen atoms in total. The van der Waals surface area contributed by atoms with E-state index in [0.29, 0.717) is 22.7 Å². The predicted molar refractivity (Wildman–Crippen MR) is 47.5 cm³/mol. The molecule has 0 fully saturated rings. The highest BCUT2D eigenvalue weighted by Crippen LogP contribution is 2.19. The molecule has 10 heavy (non-hydrogen) atoms. The van der Waals surface area contributed by atoms with Gasteiger partial charge in [0.05, 0.1) is 0 Å². The second-order valence-electron chi connectivity index (χ2n) is 2.90. The minimum absolute atomic E-state index is 0.292. The van der Waals surface area contributed by atoms with Crippen LogP contribution in [0.15, 0.2) is 0 Å². The van der Waals surface area contributed by atoms with E-state index in [1.807, 2.05) is 11.8 Å². The second kappa shape index (κ2) is 4.78. The summed E-state index contributed by atoms with van der Waals surface area (Å²) in [5, 5.41) is 1.12. The number of hydrogen-bond donors (Lipinski definition) is 0. The van der Waals surface area contributed by atoms with Gasteiger partial charge in [0.2, 0.25) is 0 Å². The quantitative estimate of drug-likeness (QED) is 0.628. The van der Waals surface area contributed by atoms with E-state index in [4.69, 9.17) is 0 Å². The first-order valence-electron chi connectivity index (χ1n) is 3.67. The monoisotopic (exact) mass is 160 g/mol. The van der Waals surface area contributed by atoms with E-state index < -0.39 is 0 Å². The van der Waals surface area contributed by atoms with Gasteiger partial charge in [0.1, 0.15) is 5.78 Å². The third-order valence-corrected chi connectivity index (χ3v) is 2.26. The Morgan fingerprint density at radius 2 is 1.90 bits per heavy atom. The van der Waals surface area contributed by atoms with E-state index in [1.165, 1.54) is 0 Å². The molecule has 0 saturated heterocycles. The summed E-state index contributed by atoms with van der Waals surface area (Å²) in [6, 6.07) is 0. The Labute approximate surface area is 67.6 Å². The maximum absolute atomic E-state index is 10.6. The largest absolute Gasteiger partial charge is 0.300 e. The van der Waals surface area contributed by atoms with Gasteiger partial charge in [0, 0.05) is 11.7 Å². The van der Waals surface area contributed by atoms with Crippen LogP contribution in [0.25, 0.3) is 0 Å². The molecule has 0 aliphatic rings. The summed E-state index contributed by atoms with van der Waals surface area (Å²) in [4.78, 5) is 10.6. The first-order valence-corrected chi connectivity index (χ1v) is 4.61. The van der Waals surface area contributed by atoms with Gasteiger partial charge in [-0.25, -0.2) is 0 Å². The van der Waals surface area contributed by atoms with Crippen LogP contribution in [0.3, 0.4) is 0 Å². The molecule has 0 aliphatic carbocycles. The summed E-state index contributed by atoms with van der Waals surface area (Å²) in [5.74, 6) is 0.292. The third kappa shape index (κ3) is 6.14. The van der Waals surface area contributed by atoms with Crippen LogP contribution in [0, 0.1) is 0 Å². The van der Waals surface area contributed by atoms with Crippen molar-refractivity contribution in [2.24, 2.45) is 0 Å². The van der Waals surface area contributed by atoms with Crippen LogP contribution in [0.5, 0.6) is 0 Å². The maximum Gasteiger partial charge on any atom is 0.130 e. The van der Waals surface area contributed by atoms with E-state index in [1.54, 1.807) is 6.92 Å². The Morgan fingerprint density at radius 1 is 1.40 bits per heavy atom. The van der Waals surface area contributed by atoms with Crippen molar-refractivity contribution in [2.45, 2.75) is 44.6 Å². The lowest BCUT2D eigenvalue weighted by molar-refractivity contribution is -0.116. The van der Waals surface area contributed by atoms with Gasteiger partial charge in [-0.05, 0) is 12.2 Å². The van der Waals surface area contributed by atoms with E-state index in [-0.39, 0.29) is 0 Å². The number of hydrogen-bond acceptors (Lipinski definition) is 2. The Bertz CT molecular complexity index is 110. The van der Waals surface area contributed by atoms with Crippen molar-refractivity contribution in [3.8, 4) is 0 Å². The van der Waals surface area contributed by atoms with Crippen LogP contribution in [0.1, 0.15) is 34.1 Å². The lowest BCUT2D eigenvalue weighted by Crippen LogP contribution is -2.06. The van der Waals surface area contributed by atoms with Gasteiger partial charge in [-0.1, -0.05) is 20.8 Å². The summed E-state index contributed by atoms with van der Waals surface area (Å²) in [6.45, 7) is 8.06. The molecule has 0 aromatic rings. The summed E-state index contributed by atoms with van der Waals surface area (Å²) in [5.41, 5.74) is 0. The topological polar surface area (TPSA) is 17.1 Å². The summed E-state index contributed by atoms with van der Waals surface area (Å²) >= 11 is 1.86. The van der Waals surface area contributed by atoms with Crippen molar-refractivity contribution in [2.75, 3.05) is 0 Å². The zero-order chi connectivity index (χ0) is 8.15. The van der Waals surface area contributed by atoms with Gasteiger partial charge in [-0.2, -0.15) is 11.8 Å². The van der Waals surface area contributed by atoms with Crippen molar-refractivity contribution in [1.82, 2.24) is 0 Å². The van der Waals surface area contributed by atoms with E-state index >= 15 is 0 Å². The SMILES string of the molecule is CC(=O)CC(C)SC(C)C. The Morgan fingerprint density at radius 3 is 2.20 bits per heavy atom. The Kier molecular flexibility index (Phi) is 4.79. The van der Waals surface area contributed by atoms with E-state index in [0.717, 1.165) is 0 Å². The number of rotatable bonds is 4. The average Bonchev–Trinajstić information content (AvgIpc) is 1.58. The molecule has 2 heteroatoms. The van der Waals surface area contributed by atoms with Crippen molar-refractivity contribution in [1.29, 1.82) is 0 Å². The highest BCUT2D eigenvalue weighted by Gasteiger charge is 2.06. The molecule has 1 atom stereocenters. The van der Waals surface area contributed by atoms with Gasteiger partial charge < -0.3 is 0 Å². The molecule has 0 bridgehead atoms. The van der Waals surface area contributed by atoms with Crippen LogP contribution in [0.4, 0.5) is 0 Å². The number of Topliss-reactive ketones (excluding diaryl/α,β-unsaturated/α-hetero) is 1. The zero-order valence-corrected chi connectivity index (χ0v) is 7.99. The second-order valence-corrected chi connectivity index (χ2v) is 4.92. The summed E-state index contributed by atoms with van der Waals surface area (Å²) in [6.07, 6.45) is 0.711. The number of carbonyl (C=O) groups excluding carboxylic acids is 1. The molecule has 0 aliphatic heterocycles. The summed E-state index contributed by atoms with van der Waals surface area (Å²) < 4.78 is 0. The van der Waals surface area contributed by atoms with Crippen molar-refractivity contribution < 1.29 is 4.79 Å². The normalized spacial score (nSPS) is 13.7. The highest BCUT2D eigenvalue weighted by molar-refractivity contribution is 8.00. The minimum atomic E-state index is 0.292. The lowest BCUT2D eigenvalue weighted by atomic mass is 10.2. The first kappa shape index (κ1) is 10.0. The first-order chi connectivity index (χ1) is 4.52. The smallest absolute Gasteiger partial charge is 0.130 e. The van der Waals surface area contributed by atoms with Crippen LogP contribution >= 0.6 is 11.8 Å². The molecule has 0 N–H and O–H groups in total. The fourth-order valence-electron chi connectivity index (χ4n) is 0.918. The molecule has 0 amide bonds. The van der Waals surface area contributed by atoms with Gasteiger partial charge >= 0.3 is 0 Å². The fourth-order valence-corrected chi connectivity index (χ4v) is 2.18. The predicted octanol–water partition coefficient (Wildman–Crippen LogP) is 2.50. The molecular weight excluding hydrogens is 144 g/mol. The molecule has 60 valence electrons. The molecule has 0 radical (unpaired) electrons. The lowest BCUT2D eigenvalue weighted by Gasteiger charge is -2.10. The summed E-state index contributed by atoms with van der Waals surface area (Å²) in [7, 11) is 0. The van der Waals surface area contributed by atoms with Gasteiger partial charge in [0.25, 0.3) is 0 Å². The van der Waals surface area contributed by atoms with Crippen LogP contribution in [-0.4, -0.2) is 16.3 Å². The maximum atomic E-state index is 10.6. The van der Waals surface area contributed by atoms with Crippen molar-refractivity contribution in [3.63, 3.8) is 0 Å². The van der Waals surface area contributed by atoms with Crippen LogP contribution in [0.2, 0.25) is 0 Å².